The Morgan fingerprint density at radius 3 is 3.00 bits per heavy atom. The summed E-state index contributed by atoms with van der Waals surface area (Å²) in [5.74, 6) is 2.53. The topological polar surface area (TPSA) is 27.6 Å². The molecule has 1 aliphatic rings. The molecule has 0 aliphatic carbocycles. The van der Waals surface area contributed by atoms with Crippen LogP contribution in [0.15, 0.2) is 29.3 Å². The molecule has 2 rings (SSSR count). The van der Waals surface area contributed by atoms with Crippen molar-refractivity contribution >= 4 is 17.7 Å². The molecule has 98 valence electrons. The summed E-state index contributed by atoms with van der Waals surface area (Å²) < 4.78 is 13.3. The van der Waals surface area contributed by atoms with Gasteiger partial charge in [-0.2, -0.15) is 11.8 Å². The molecule has 5 heteroatoms. The first-order chi connectivity index (χ1) is 8.77. The van der Waals surface area contributed by atoms with Crippen LogP contribution in [0.1, 0.15) is 5.56 Å². The number of thioether (sulfide) groups is 1. The van der Waals surface area contributed by atoms with Crippen LogP contribution in [-0.2, 0) is 5.75 Å². The van der Waals surface area contributed by atoms with E-state index >= 15 is 0 Å². The minimum atomic E-state index is -0.113. The lowest BCUT2D eigenvalue weighted by molar-refractivity contribution is 0.537. The number of hydrogen-bond acceptors (Lipinski definition) is 4. The van der Waals surface area contributed by atoms with Crippen molar-refractivity contribution in [3.05, 3.63) is 35.6 Å². The summed E-state index contributed by atoms with van der Waals surface area (Å²) in [7, 11) is 2.03. The van der Waals surface area contributed by atoms with E-state index in [1.807, 2.05) is 19.2 Å². The second-order valence-electron chi connectivity index (χ2n) is 4.20. The van der Waals surface area contributed by atoms with E-state index in [1.165, 1.54) is 6.07 Å². The fourth-order valence-electron chi connectivity index (χ4n) is 1.76. The summed E-state index contributed by atoms with van der Waals surface area (Å²) in [6.07, 6.45) is 0. The maximum Gasteiger partial charge on any atom is 0.193 e. The van der Waals surface area contributed by atoms with E-state index in [0.717, 1.165) is 42.7 Å². The molecule has 0 radical (unpaired) electrons. The van der Waals surface area contributed by atoms with E-state index in [9.17, 15) is 4.39 Å². The number of halogens is 1. The molecule has 18 heavy (non-hydrogen) atoms. The first kappa shape index (κ1) is 13.2. The molecule has 1 N–H and O–H groups in total. The Morgan fingerprint density at radius 2 is 2.28 bits per heavy atom. The highest BCUT2D eigenvalue weighted by Crippen LogP contribution is 2.14. The molecule has 0 fully saturated rings. The smallest absolute Gasteiger partial charge is 0.193 e. The zero-order valence-electron chi connectivity index (χ0n) is 10.5. The predicted octanol–water partition coefficient (Wildman–Crippen LogP) is 1.95. The normalized spacial score (nSPS) is 14.8. The van der Waals surface area contributed by atoms with Crippen LogP contribution >= 0.6 is 11.8 Å². The van der Waals surface area contributed by atoms with Crippen LogP contribution in [0.2, 0.25) is 0 Å². The molecule has 0 bridgehead atoms. The zero-order valence-corrected chi connectivity index (χ0v) is 11.3. The Hall–Kier alpha value is -1.23. The van der Waals surface area contributed by atoms with Crippen LogP contribution in [0.3, 0.4) is 0 Å². The van der Waals surface area contributed by atoms with Crippen LogP contribution < -0.4 is 5.32 Å². The van der Waals surface area contributed by atoms with Gasteiger partial charge in [0.1, 0.15) is 5.82 Å². The Bertz CT molecular complexity index is 422. The summed E-state index contributed by atoms with van der Waals surface area (Å²) in [5.41, 5.74) is 0.776. The van der Waals surface area contributed by atoms with Crippen molar-refractivity contribution in [2.75, 3.05) is 32.4 Å². The van der Waals surface area contributed by atoms with E-state index in [1.54, 1.807) is 17.8 Å². The molecule has 0 atom stereocenters. The number of rotatable bonds is 5. The van der Waals surface area contributed by atoms with Gasteiger partial charge in [-0.3, -0.25) is 4.99 Å². The number of nitrogens with one attached hydrogen (secondary N) is 1. The van der Waals surface area contributed by atoms with Gasteiger partial charge in [-0.05, 0) is 11.6 Å². The van der Waals surface area contributed by atoms with Gasteiger partial charge in [-0.15, -0.1) is 0 Å². The predicted molar refractivity (Wildman–Crippen MR) is 75.5 cm³/mol. The maximum atomic E-state index is 13.3. The van der Waals surface area contributed by atoms with Crippen molar-refractivity contribution in [3.8, 4) is 0 Å². The standard InChI is InChI=1S/C13H18FN3S/c1-17-8-6-15-13(17)16-7-9-18-10-11-4-2-3-5-12(11)14/h2-5H,6-10H2,1H3,(H,15,16). The fourth-order valence-corrected chi connectivity index (χ4v) is 2.60. The summed E-state index contributed by atoms with van der Waals surface area (Å²) in [4.78, 5) is 6.46. The molecule has 0 amide bonds. The number of guanidine groups is 1. The first-order valence-electron chi connectivity index (χ1n) is 6.08. The molecule has 1 aromatic carbocycles. The third-order valence-corrected chi connectivity index (χ3v) is 3.81. The molecule has 0 saturated carbocycles. The largest absolute Gasteiger partial charge is 0.355 e. The molecule has 3 nitrogen and oxygen atoms in total. The van der Waals surface area contributed by atoms with Crippen LogP contribution in [0.4, 0.5) is 4.39 Å². The Morgan fingerprint density at radius 1 is 1.44 bits per heavy atom. The van der Waals surface area contributed by atoms with E-state index < -0.39 is 0 Å². The van der Waals surface area contributed by atoms with Gasteiger partial charge in [0.15, 0.2) is 5.96 Å². The van der Waals surface area contributed by atoms with Gasteiger partial charge in [0, 0.05) is 31.6 Å². The maximum absolute atomic E-state index is 13.3. The lowest BCUT2D eigenvalue weighted by Crippen LogP contribution is -2.36. The molecular weight excluding hydrogens is 249 g/mol. The molecule has 1 heterocycles. The minimum Gasteiger partial charge on any atom is -0.355 e. The number of benzene rings is 1. The number of nitrogens with zero attached hydrogens (tertiary/aromatic N) is 2. The highest BCUT2D eigenvalue weighted by atomic mass is 32.2. The summed E-state index contributed by atoms with van der Waals surface area (Å²) in [6.45, 7) is 2.73. The zero-order chi connectivity index (χ0) is 12.8. The van der Waals surface area contributed by atoms with E-state index in [4.69, 9.17) is 0 Å². The molecular formula is C13H18FN3S. The van der Waals surface area contributed by atoms with Gasteiger partial charge in [0.25, 0.3) is 0 Å². The average molecular weight is 267 g/mol. The van der Waals surface area contributed by atoms with Crippen molar-refractivity contribution in [1.82, 2.24) is 10.2 Å². The Labute approximate surface area is 111 Å². The molecule has 1 aliphatic heterocycles. The number of likely N-dealkylation sites (N-methyl/N-ethyl adjacent to an activating group) is 1. The van der Waals surface area contributed by atoms with Crippen LogP contribution in [0.5, 0.6) is 0 Å². The van der Waals surface area contributed by atoms with Crippen LogP contribution in [0, 0.1) is 5.82 Å². The van der Waals surface area contributed by atoms with Gasteiger partial charge in [-0.25, -0.2) is 4.39 Å². The second-order valence-corrected chi connectivity index (χ2v) is 5.30. The molecule has 0 aromatic heterocycles. The Balaban J connectivity index is 1.63. The Kier molecular flexibility index (Phi) is 4.87. The monoisotopic (exact) mass is 267 g/mol. The molecule has 0 spiro atoms. The molecule has 0 saturated heterocycles. The molecule has 0 unspecified atom stereocenters. The third-order valence-electron chi connectivity index (χ3n) is 2.80. The highest BCUT2D eigenvalue weighted by Gasteiger charge is 2.10. The van der Waals surface area contributed by atoms with Crippen molar-refractivity contribution in [2.45, 2.75) is 5.75 Å². The minimum absolute atomic E-state index is 0.113. The van der Waals surface area contributed by atoms with Gasteiger partial charge >= 0.3 is 0 Å². The van der Waals surface area contributed by atoms with Crippen molar-refractivity contribution in [3.63, 3.8) is 0 Å². The summed E-state index contributed by atoms with van der Waals surface area (Å²) in [5, 5.41) is 3.29. The van der Waals surface area contributed by atoms with Crippen LogP contribution in [-0.4, -0.2) is 43.3 Å². The van der Waals surface area contributed by atoms with Crippen LogP contribution in [0.25, 0.3) is 0 Å². The fraction of sp³-hybridized carbons (Fsp3) is 0.462. The van der Waals surface area contributed by atoms with Gasteiger partial charge in [-0.1, -0.05) is 18.2 Å². The third kappa shape index (κ3) is 3.63. The van der Waals surface area contributed by atoms with E-state index in [0.29, 0.717) is 0 Å². The van der Waals surface area contributed by atoms with Crippen molar-refractivity contribution in [1.29, 1.82) is 0 Å². The summed E-state index contributed by atoms with van der Waals surface area (Å²) >= 11 is 1.73. The lowest BCUT2D eigenvalue weighted by atomic mass is 10.2. The SMILES string of the molecule is CN1CCN=C1NCCSCc1ccccc1F. The number of aliphatic imine (C=N–C) groups is 1. The van der Waals surface area contributed by atoms with Gasteiger partial charge in [0.2, 0.25) is 0 Å². The lowest BCUT2D eigenvalue weighted by Gasteiger charge is -2.14. The average Bonchev–Trinajstić information content (AvgIpc) is 2.77. The van der Waals surface area contributed by atoms with Gasteiger partial charge in [0.05, 0.1) is 6.54 Å². The van der Waals surface area contributed by atoms with Crippen molar-refractivity contribution in [2.24, 2.45) is 4.99 Å². The van der Waals surface area contributed by atoms with Crippen molar-refractivity contribution < 1.29 is 4.39 Å². The van der Waals surface area contributed by atoms with Gasteiger partial charge < -0.3 is 10.2 Å². The number of hydrogen-bond donors (Lipinski definition) is 1. The highest BCUT2D eigenvalue weighted by molar-refractivity contribution is 7.98. The second kappa shape index (κ2) is 6.64. The first-order valence-corrected chi connectivity index (χ1v) is 7.23. The van der Waals surface area contributed by atoms with E-state index in [-0.39, 0.29) is 5.82 Å². The molecule has 1 aromatic rings. The summed E-state index contributed by atoms with van der Waals surface area (Å²) in [6, 6.07) is 6.94. The quantitative estimate of drug-likeness (QED) is 0.826. The van der Waals surface area contributed by atoms with E-state index in [2.05, 4.69) is 15.2 Å².